The van der Waals surface area contributed by atoms with E-state index in [9.17, 15) is 10.1 Å². The summed E-state index contributed by atoms with van der Waals surface area (Å²) in [7, 11) is 0. The second-order valence-corrected chi connectivity index (χ2v) is 7.13. The minimum atomic E-state index is -0.376. The molecule has 0 aliphatic carbocycles. The van der Waals surface area contributed by atoms with E-state index in [4.69, 9.17) is 0 Å². The number of nitrogens with zero attached hydrogens (tertiary/aromatic N) is 3. The quantitative estimate of drug-likeness (QED) is 0.400. The van der Waals surface area contributed by atoms with E-state index in [2.05, 4.69) is 42.9 Å². The number of nitrogens with one attached hydrogen (secondary N) is 1. The maximum Gasteiger partial charge on any atom is 0.269 e. The van der Waals surface area contributed by atoms with Gasteiger partial charge < -0.3 is 10.2 Å². The predicted octanol–water partition coefficient (Wildman–Crippen LogP) is 3.18. The fourth-order valence-electron chi connectivity index (χ4n) is 2.73. The van der Waals surface area contributed by atoms with E-state index < -0.39 is 0 Å². The zero-order valence-corrected chi connectivity index (χ0v) is 14.6. The molecule has 1 aliphatic heterocycles. The molecule has 0 aromatic heterocycles. The molecule has 2 rings (SSSR count). The molecule has 0 atom stereocenters. The van der Waals surface area contributed by atoms with E-state index in [1.54, 1.807) is 12.1 Å². The lowest BCUT2D eigenvalue weighted by atomic mass is 9.65. The van der Waals surface area contributed by atoms with Gasteiger partial charge in [-0.15, -0.1) is 0 Å². The second kappa shape index (κ2) is 6.18. The van der Waals surface area contributed by atoms with Gasteiger partial charge in [0.25, 0.3) is 5.69 Å². The third-order valence-electron chi connectivity index (χ3n) is 5.01. The smallest absolute Gasteiger partial charge is 0.269 e. The van der Waals surface area contributed by atoms with Gasteiger partial charge in [-0.25, -0.2) is 4.99 Å². The molecule has 0 amide bonds. The number of rotatable bonds is 4. The van der Waals surface area contributed by atoms with E-state index >= 15 is 0 Å². The molecule has 23 heavy (non-hydrogen) atoms. The summed E-state index contributed by atoms with van der Waals surface area (Å²) < 4.78 is 0. The molecule has 1 aromatic carbocycles. The van der Waals surface area contributed by atoms with Crippen molar-refractivity contribution in [1.29, 1.82) is 0 Å². The van der Waals surface area contributed by atoms with Crippen molar-refractivity contribution >= 4 is 11.6 Å². The second-order valence-electron chi connectivity index (χ2n) is 7.13. The highest BCUT2D eigenvalue weighted by Crippen LogP contribution is 2.46. The maximum absolute atomic E-state index is 10.9. The average Bonchev–Trinajstić information content (AvgIpc) is 2.49. The van der Waals surface area contributed by atoms with Gasteiger partial charge in [0.15, 0.2) is 5.96 Å². The number of nitro groups is 1. The number of aliphatic imine (C=N–C) groups is 1. The van der Waals surface area contributed by atoms with Crippen molar-refractivity contribution in [3.05, 3.63) is 39.9 Å². The van der Waals surface area contributed by atoms with Crippen molar-refractivity contribution in [2.75, 3.05) is 13.1 Å². The van der Waals surface area contributed by atoms with Gasteiger partial charge in [0.1, 0.15) is 0 Å². The molecule has 6 nitrogen and oxygen atoms in total. The van der Waals surface area contributed by atoms with Crippen LogP contribution < -0.4 is 5.32 Å². The summed E-state index contributed by atoms with van der Waals surface area (Å²) in [5.74, 6) is 0.864. The van der Waals surface area contributed by atoms with Crippen LogP contribution in [0.2, 0.25) is 0 Å². The van der Waals surface area contributed by atoms with Crippen molar-refractivity contribution in [2.45, 2.75) is 46.7 Å². The Balaban J connectivity index is 2.17. The Hall–Kier alpha value is -2.11. The number of hydrogen-bond acceptors (Lipinski definition) is 3. The Morgan fingerprint density at radius 3 is 2.61 bits per heavy atom. The summed E-state index contributed by atoms with van der Waals surface area (Å²) in [5.41, 5.74) is 1.20. The van der Waals surface area contributed by atoms with Gasteiger partial charge in [-0.05, 0) is 26.3 Å². The largest absolute Gasteiger partial charge is 0.356 e. The van der Waals surface area contributed by atoms with Crippen LogP contribution in [-0.2, 0) is 6.54 Å². The predicted molar refractivity (Wildman–Crippen MR) is 92.5 cm³/mol. The van der Waals surface area contributed by atoms with Crippen molar-refractivity contribution < 1.29 is 4.92 Å². The van der Waals surface area contributed by atoms with Crippen molar-refractivity contribution in [3.8, 4) is 0 Å². The van der Waals surface area contributed by atoms with Gasteiger partial charge in [-0.2, -0.15) is 0 Å². The Labute approximate surface area is 137 Å². The standard InChI is InChI=1S/C17H26N4O2/c1-6-18-15(20-12-16(2,3)17(20,4)5)19-11-13-8-7-9-14(10-13)21(22)23/h7-10H,6,11-12H2,1-5H3,(H,18,19). The summed E-state index contributed by atoms with van der Waals surface area (Å²) in [6, 6.07) is 6.65. The van der Waals surface area contributed by atoms with Crippen LogP contribution in [0.25, 0.3) is 0 Å². The first-order valence-corrected chi connectivity index (χ1v) is 7.98. The Bertz CT molecular complexity index is 623. The number of non-ortho nitro benzene ring substituents is 1. The highest BCUT2D eigenvalue weighted by atomic mass is 16.6. The van der Waals surface area contributed by atoms with E-state index in [0.29, 0.717) is 6.54 Å². The van der Waals surface area contributed by atoms with Gasteiger partial charge >= 0.3 is 0 Å². The first kappa shape index (κ1) is 17.2. The molecule has 1 aliphatic rings. The van der Waals surface area contributed by atoms with Crippen molar-refractivity contribution in [1.82, 2.24) is 10.2 Å². The number of nitro benzene ring substituents is 1. The van der Waals surface area contributed by atoms with Crippen molar-refractivity contribution in [3.63, 3.8) is 0 Å². The topological polar surface area (TPSA) is 70.8 Å². The minimum Gasteiger partial charge on any atom is -0.356 e. The molecule has 1 N–H and O–H groups in total. The van der Waals surface area contributed by atoms with Gasteiger partial charge in [0.2, 0.25) is 0 Å². The summed E-state index contributed by atoms with van der Waals surface area (Å²) in [6.07, 6.45) is 0. The molecule has 1 aromatic rings. The molecule has 0 radical (unpaired) electrons. The zero-order chi connectivity index (χ0) is 17.3. The van der Waals surface area contributed by atoms with Crippen molar-refractivity contribution in [2.24, 2.45) is 10.4 Å². The van der Waals surface area contributed by atoms with Gasteiger partial charge in [0, 0.05) is 36.2 Å². The zero-order valence-electron chi connectivity index (χ0n) is 14.6. The first-order valence-electron chi connectivity index (χ1n) is 7.98. The highest BCUT2D eigenvalue weighted by molar-refractivity contribution is 5.82. The van der Waals surface area contributed by atoms with Crippen LogP contribution in [0.5, 0.6) is 0 Å². The van der Waals surface area contributed by atoms with Gasteiger partial charge in [0.05, 0.1) is 11.5 Å². The molecule has 1 fully saturated rings. The Kier molecular flexibility index (Phi) is 4.63. The molecule has 1 saturated heterocycles. The first-order chi connectivity index (χ1) is 10.7. The molecule has 0 bridgehead atoms. The minimum absolute atomic E-state index is 0.0245. The summed E-state index contributed by atoms with van der Waals surface area (Å²) in [5, 5.41) is 14.2. The normalized spacial score (nSPS) is 19.2. The molecular formula is C17H26N4O2. The fourth-order valence-corrected chi connectivity index (χ4v) is 2.73. The number of hydrogen-bond donors (Lipinski definition) is 1. The SMILES string of the molecule is CCNC(=NCc1cccc([N+](=O)[O-])c1)N1CC(C)(C)C1(C)C. The molecular weight excluding hydrogens is 292 g/mol. The van der Waals surface area contributed by atoms with Gasteiger partial charge in [-0.1, -0.05) is 26.0 Å². The van der Waals surface area contributed by atoms with Crippen LogP contribution in [-0.4, -0.2) is 34.4 Å². The monoisotopic (exact) mass is 318 g/mol. The fraction of sp³-hybridized carbons (Fsp3) is 0.588. The average molecular weight is 318 g/mol. The molecule has 0 saturated carbocycles. The van der Waals surface area contributed by atoms with Crippen LogP contribution in [0.3, 0.4) is 0 Å². The Morgan fingerprint density at radius 1 is 1.39 bits per heavy atom. The number of benzene rings is 1. The lowest BCUT2D eigenvalue weighted by Crippen LogP contribution is -2.72. The van der Waals surface area contributed by atoms with E-state index in [1.165, 1.54) is 6.07 Å². The molecule has 1 heterocycles. The van der Waals surface area contributed by atoms with E-state index in [0.717, 1.165) is 24.6 Å². The van der Waals surface area contributed by atoms with Crippen LogP contribution in [0.15, 0.2) is 29.3 Å². The Morgan fingerprint density at radius 2 is 2.09 bits per heavy atom. The molecule has 126 valence electrons. The number of likely N-dealkylation sites (tertiary alicyclic amines) is 1. The van der Waals surface area contributed by atoms with Crippen LogP contribution >= 0.6 is 0 Å². The molecule has 6 heteroatoms. The third kappa shape index (κ3) is 3.30. The summed E-state index contributed by atoms with van der Waals surface area (Å²) >= 11 is 0. The summed E-state index contributed by atoms with van der Waals surface area (Å²) in [4.78, 5) is 17.4. The van der Waals surface area contributed by atoms with E-state index in [-0.39, 0.29) is 21.6 Å². The van der Waals surface area contributed by atoms with Crippen LogP contribution in [0.4, 0.5) is 5.69 Å². The highest BCUT2D eigenvalue weighted by Gasteiger charge is 2.53. The lowest BCUT2D eigenvalue weighted by molar-refractivity contribution is -0.384. The summed E-state index contributed by atoms with van der Waals surface area (Å²) in [6.45, 7) is 13.2. The number of guanidine groups is 1. The maximum atomic E-state index is 10.9. The third-order valence-corrected chi connectivity index (χ3v) is 5.01. The molecule has 0 unspecified atom stereocenters. The van der Waals surface area contributed by atoms with Crippen LogP contribution in [0.1, 0.15) is 40.2 Å². The van der Waals surface area contributed by atoms with Gasteiger partial charge in [-0.3, -0.25) is 10.1 Å². The lowest BCUT2D eigenvalue weighted by Gasteiger charge is -2.62. The molecule has 0 spiro atoms. The van der Waals surface area contributed by atoms with E-state index in [1.807, 2.05) is 13.0 Å². The van der Waals surface area contributed by atoms with Crippen LogP contribution in [0, 0.1) is 15.5 Å².